The van der Waals surface area contributed by atoms with Crippen LogP contribution in [-0.4, -0.2) is 44.3 Å². The Morgan fingerprint density at radius 3 is 1.25 bits per heavy atom. The molecule has 0 aromatic heterocycles. The number of rotatable bonds is 41. The summed E-state index contributed by atoms with van der Waals surface area (Å²) in [6.07, 6.45) is 37.0. The van der Waals surface area contributed by atoms with Crippen molar-refractivity contribution < 1.29 is 28.5 Å². The van der Waals surface area contributed by atoms with Crippen LogP contribution >= 0.6 is 0 Å². The van der Waals surface area contributed by atoms with Crippen LogP contribution in [0, 0.1) is 0 Å². The van der Waals surface area contributed by atoms with Gasteiger partial charge in [0.2, 0.25) is 5.75 Å². The molecular formula is C61H93NO6. The summed E-state index contributed by atoms with van der Waals surface area (Å²) in [5, 5.41) is 7.35. The van der Waals surface area contributed by atoms with E-state index in [1.165, 1.54) is 154 Å². The Morgan fingerprint density at radius 1 is 0.426 bits per heavy atom. The molecule has 1 N–H and O–H groups in total. The van der Waals surface area contributed by atoms with Gasteiger partial charge in [-0.1, -0.05) is 224 Å². The lowest BCUT2D eigenvalue weighted by molar-refractivity contribution is 0.0338. The Morgan fingerprint density at radius 2 is 0.809 bits per heavy atom. The summed E-state index contributed by atoms with van der Waals surface area (Å²) in [5.41, 5.74) is 0.917. The Bertz CT molecular complexity index is 1910. The molecule has 4 aromatic rings. The lowest BCUT2D eigenvalue weighted by atomic mass is 10.0. The number of fused-ring (bicyclic) bond motifs is 2. The smallest absolute Gasteiger partial charge is 0.338 e. The Kier molecular flexibility index (Phi) is 29.7. The van der Waals surface area contributed by atoms with E-state index in [1.54, 1.807) is 13.0 Å². The van der Waals surface area contributed by atoms with E-state index < -0.39 is 12.1 Å². The largest absolute Gasteiger partial charge is 0.490 e. The molecule has 68 heavy (non-hydrogen) atoms. The molecule has 0 unspecified atom stereocenters. The van der Waals surface area contributed by atoms with Crippen molar-refractivity contribution >= 4 is 33.4 Å². The molecule has 0 aliphatic carbocycles. The average molecular weight is 936 g/mol. The average Bonchev–Trinajstić information content (AvgIpc) is 3.35. The predicted molar refractivity (Wildman–Crippen MR) is 287 cm³/mol. The fourth-order valence-electron chi connectivity index (χ4n) is 9.07. The molecule has 0 aliphatic heterocycles. The molecule has 0 aliphatic rings. The summed E-state index contributed by atoms with van der Waals surface area (Å²) < 4.78 is 25.5. The third-order valence-electron chi connectivity index (χ3n) is 13.3. The van der Waals surface area contributed by atoms with E-state index in [0.717, 1.165) is 60.1 Å². The lowest BCUT2D eigenvalue weighted by Gasteiger charge is -2.19. The van der Waals surface area contributed by atoms with Gasteiger partial charge in [0, 0.05) is 5.56 Å². The second kappa shape index (κ2) is 35.8. The zero-order valence-electron chi connectivity index (χ0n) is 43.4. The van der Waals surface area contributed by atoms with E-state index in [4.69, 9.17) is 18.9 Å². The van der Waals surface area contributed by atoms with Crippen LogP contribution in [0.4, 0.5) is 0 Å². The molecule has 378 valence electrons. The van der Waals surface area contributed by atoms with Crippen LogP contribution in [0.5, 0.6) is 17.2 Å². The molecule has 4 aromatic carbocycles. The first-order valence-corrected chi connectivity index (χ1v) is 27.9. The minimum Gasteiger partial charge on any atom is -0.490 e. The zero-order valence-corrected chi connectivity index (χ0v) is 43.4. The molecule has 1 atom stereocenters. The molecule has 7 heteroatoms. The van der Waals surface area contributed by atoms with Crippen molar-refractivity contribution in [2.75, 3.05) is 26.4 Å². The van der Waals surface area contributed by atoms with Gasteiger partial charge in [-0.15, -0.1) is 0 Å². The van der Waals surface area contributed by atoms with Crippen molar-refractivity contribution in [1.82, 2.24) is 5.32 Å². The van der Waals surface area contributed by atoms with E-state index in [2.05, 4.69) is 50.4 Å². The second-order valence-corrected chi connectivity index (χ2v) is 19.6. The quantitative estimate of drug-likeness (QED) is 0.0271. The van der Waals surface area contributed by atoms with Crippen molar-refractivity contribution in [2.24, 2.45) is 0 Å². The number of amides is 1. The van der Waals surface area contributed by atoms with Crippen molar-refractivity contribution in [3.8, 4) is 17.2 Å². The van der Waals surface area contributed by atoms with Crippen LogP contribution in [-0.2, 0) is 4.74 Å². The highest BCUT2D eigenvalue weighted by atomic mass is 16.5. The predicted octanol–water partition coefficient (Wildman–Crippen LogP) is 17.9. The van der Waals surface area contributed by atoms with Gasteiger partial charge < -0.3 is 24.3 Å². The first-order valence-electron chi connectivity index (χ1n) is 27.9. The van der Waals surface area contributed by atoms with Crippen molar-refractivity contribution in [3.63, 3.8) is 0 Å². The van der Waals surface area contributed by atoms with Crippen LogP contribution in [0.3, 0.4) is 0 Å². The van der Waals surface area contributed by atoms with Gasteiger partial charge in [0.15, 0.2) is 11.5 Å². The van der Waals surface area contributed by atoms with Crippen LogP contribution in [0.15, 0.2) is 66.7 Å². The second-order valence-electron chi connectivity index (χ2n) is 19.6. The maximum absolute atomic E-state index is 13.9. The van der Waals surface area contributed by atoms with Crippen LogP contribution < -0.4 is 19.5 Å². The van der Waals surface area contributed by atoms with Gasteiger partial charge in [-0.25, -0.2) is 4.79 Å². The number of unbranched alkanes of at least 4 members (excludes halogenated alkanes) is 27. The molecule has 0 fully saturated rings. The van der Waals surface area contributed by atoms with E-state index in [0.29, 0.717) is 48.2 Å². The highest BCUT2D eigenvalue weighted by Crippen LogP contribution is 2.40. The summed E-state index contributed by atoms with van der Waals surface area (Å²) in [6, 6.07) is 21.7. The summed E-state index contributed by atoms with van der Waals surface area (Å²) in [4.78, 5) is 27.3. The van der Waals surface area contributed by atoms with Crippen molar-refractivity contribution in [3.05, 3.63) is 77.9 Å². The maximum Gasteiger partial charge on any atom is 0.338 e. The molecule has 0 saturated heterocycles. The molecular weight excluding hydrogens is 843 g/mol. The number of esters is 1. The van der Waals surface area contributed by atoms with Gasteiger partial charge in [0.25, 0.3) is 5.91 Å². The van der Waals surface area contributed by atoms with E-state index in [1.807, 2.05) is 36.4 Å². The molecule has 0 saturated carbocycles. The number of hydrogen-bond acceptors (Lipinski definition) is 6. The summed E-state index contributed by atoms with van der Waals surface area (Å²) in [5.74, 6) is 1.02. The SMILES string of the molecule is CCCCCCCCCCCCOc1cc(C(=O)NC[C@@H](C)OC(=O)c2ccc3cc4ccccc4cc3c2)cc(OCCCCCCCCCCCC)c1OCCCCCCCCCCCC. The van der Waals surface area contributed by atoms with E-state index in [-0.39, 0.29) is 12.5 Å². The number of benzene rings is 4. The highest BCUT2D eigenvalue weighted by molar-refractivity contribution is 6.01. The normalized spacial score (nSPS) is 11.8. The minimum atomic E-state index is -0.554. The van der Waals surface area contributed by atoms with Gasteiger partial charge in [-0.2, -0.15) is 0 Å². The number of carbonyl (C=O) groups is 2. The van der Waals surface area contributed by atoms with Crippen LogP contribution in [0.2, 0.25) is 0 Å². The summed E-state index contributed by atoms with van der Waals surface area (Å²) in [7, 11) is 0. The summed E-state index contributed by atoms with van der Waals surface area (Å²) >= 11 is 0. The van der Waals surface area contributed by atoms with Crippen LogP contribution in [0.1, 0.15) is 241 Å². The van der Waals surface area contributed by atoms with E-state index in [9.17, 15) is 9.59 Å². The first kappa shape index (κ1) is 56.3. The summed E-state index contributed by atoms with van der Waals surface area (Å²) in [6.45, 7) is 10.4. The third-order valence-corrected chi connectivity index (χ3v) is 13.3. The standard InChI is InChI=1S/C61H93NO6/c1-5-8-11-14-17-20-23-26-29-34-41-65-57-47-56(60(63)62-49-50(4)68-61(64)54-40-39-53-44-51-37-32-33-38-52(51)45-55(53)46-54)48-58(66-42-35-30-27-24-21-18-15-12-9-6-2)59(57)67-43-36-31-28-25-22-19-16-13-10-7-3/h32-33,37-40,44-48,50H,5-31,34-36,41-43,49H2,1-4H3,(H,62,63)/t50-/m1/s1. The first-order chi connectivity index (χ1) is 33.4. The molecule has 0 heterocycles. The lowest BCUT2D eigenvalue weighted by Crippen LogP contribution is -2.33. The number of carbonyl (C=O) groups excluding carboxylic acids is 2. The van der Waals surface area contributed by atoms with Gasteiger partial charge in [0.1, 0.15) is 6.10 Å². The van der Waals surface area contributed by atoms with Gasteiger partial charge in [0.05, 0.1) is 31.9 Å². The molecule has 0 bridgehead atoms. The molecule has 0 spiro atoms. The minimum absolute atomic E-state index is 0.156. The Hall–Kier alpha value is -4.26. The molecule has 7 nitrogen and oxygen atoms in total. The van der Waals surface area contributed by atoms with E-state index >= 15 is 0 Å². The van der Waals surface area contributed by atoms with Crippen LogP contribution in [0.25, 0.3) is 21.5 Å². The fourth-order valence-corrected chi connectivity index (χ4v) is 9.07. The Labute approximate surface area is 413 Å². The number of ether oxygens (including phenoxy) is 4. The topological polar surface area (TPSA) is 83.1 Å². The number of hydrogen-bond donors (Lipinski definition) is 1. The maximum atomic E-state index is 13.9. The fraction of sp³-hybridized carbons (Fsp3) is 0.639. The van der Waals surface area contributed by atoms with Crippen molar-refractivity contribution in [1.29, 1.82) is 0 Å². The van der Waals surface area contributed by atoms with Crippen molar-refractivity contribution in [2.45, 2.75) is 226 Å². The van der Waals surface area contributed by atoms with Gasteiger partial charge in [-0.05, 0) is 84.1 Å². The van der Waals surface area contributed by atoms with Gasteiger partial charge in [-0.3, -0.25) is 4.79 Å². The zero-order chi connectivity index (χ0) is 48.3. The molecule has 0 radical (unpaired) electrons. The number of nitrogens with one attached hydrogen (secondary N) is 1. The molecule has 4 rings (SSSR count). The van der Waals surface area contributed by atoms with Gasteiger partial charge >= 0.3 is 5.97 Å². The monoisotopic (exact) mass is 936 g/mol. The molecule has 1 amide bonds. The highest BCUT2D eigenvalue weighted by Gasteiger charge is 2.21. The third kappa shape index (κ3) is 22.9. The Balaban J connectivity index is 1.39.